The maximum absolute atomic E-state index is 13.4. The Bertz CT molecular complexity index is 4890. The molecule has 14 N–H and O–H groups in total. The fraction of sp³-hybridized carbons (Fsp3) is 0.473. The SMILES string of the molecule is CC(C)(C)OC(=O)Nc1cc(N)ncn1.Cc1cc(Br)c(=O)[nH]c1C(N)=O.Cc1cc(Br)c(=O)n2c1C(=O)NC21CCCCC1.Cc1cc(Nc2cc(N)ncn2)c(=O)n2c1C(=O)NC21CCCCC1.Cc1cc(Nc2cc(NC(=O)OC(C)(C)C)ncn2)c(=O)n2c1C(=O)NC21CCCCC1.Cl.O=C1CCCCC1. The van der Waals surface area contributed by atoms with Gasteiger partial charge in [0.15, 0.2) is 0 Å². The average Bonchev–Trinajstić information content (AvgIpc) is 1.59. The third-order valence-electron chi connectivity index (χ3n) is 18.8. The molecule has 10 heterocycles. The molecule has 36 heteroatoms. The van der Waals surface area contributed by atoms with Crippen LogP contribution in [0.4, 0.5) is 55.9 Å². The first-order chi connectivity index (χ1) is 51.4. The molecule has 33 nitrogen and oxygen atoms in total. The van der Waals surface area contributed by atoms with E-state index in [1.54, 1.807) is 92.5 Å². The van der Waals surface area contributed by atoms with Gasteiger partial charge in [0, 0.05) is 31.0 Å². The number of amides is 6. The van der Waals surface area contributed by atoms with E-state index in [-0.39, 0.29) is 69.7 Å². The number of ether oxygens (including phenoxy) is 2. The number of ketones is 1. The summed E-state index contributed by atoms with van der Waals surface area (Å²) in [4.78, 5) is 158. The number of nitrogens with one attached hydrogen (secondary N) is 8. The van der Waals surface area contributed by atoms with Crippen molar-refractivity contribution in [3.8, 4) is 0 Å². The summed E-state index contributed by atoms with van der Waals surface area (Å²) < 4.78 is 16.1. The van der Waals surface area contributed by atoms with Crippen LogP contribution in [0.5, 0.6) is 0 Å². The Balaban J connectivity index is 0.000000175. The van der Waals surface area contributed by atoms with Gasteiger partial charge in [-0.3, -0.25) is 67.5 Å². The maximum atomic E-state index is 13.4. The molecule has 7 aromatic heterocycles. The molecule has 7 aromatic rings. The molecular weight excluding hydrogens is 1570 g/mol. The van der Waals surface area contributed by atoms with E-state index in [1.807, 2.05) is 20.8 Å². The normalized spacial score (nSPS) is 16.4. The first kappa shape index (κ1) is 85.2. The van der Waals surface area contributed by atoms with Gasteiger partial charge in [0.1, 0.15) is 122 Å². The number of Topliss-reactive ketones (excluding diaryl/α,β-unsaturated/α-hetero) is 1. The minimum absolute atomic E-state index is 0. The molecule has 110 heavy (non-hydrogen) atoms. The average molecular weight is 1670 g/mol. The first-order valence-corrected chi connectivity index (χ1v) is 37.7. The number of hydrogen-bond acceptors (Lipinski definition) is 23. The predicted octanol–water partition coefficient (Wildman–Crippen LogP) is 11.2. The van der Waals surface area contributed by atoms with Gasteiger partial charge in [-0.1, -0.05) is 25.7 Å². The molecule has 3 aliphatic heterocycles. The molecule has 7 aliphatic rings. The van der Waals surface area contributed by atoms with Crippen LogP contribution in [0.1, 0.15) is 234 Å². The monoisotopic (exact) mass is 1660 g/mol. The number of aryl methyl sites for hydroxylation is 4. The predicted molar refractivity (Wildman–Crippen MR) is 424 cm³/mol. The van der Waals surface area contributed by atoms with Gasteiger partial charge in [0.25, 0.3) is 45.9 Å². The van der Waals surface area contributed by atoms with E-state index in [1.165, 1.54) is 44.0 Å². The molecule has 4 saturated carbocycles. The summed E-state index contributed by atoms with van der Waals surface area (Å²) >= 11 is 6.33. The van der Waals surface area contributed by atoms with Crippen molar-refractivity contribution in [2.24, 2.45) is 5.73 Å². The minimum atomic E-state index is -0.667. The van der Waals surface area contributed by atoms with Gasteiger partial charge in [0.2, 0.25) is 0 Å². The number of halogens is 3. The van der Waals surface area contributed by atoms with Gasteiger partial charge in [-0.25, -0.2) is 39.5 Å². The Labute approximate surface area is 657 Å². The van der Waals surface area contributed by atoms with Crippen molar-refractivity contribution in [1.29, 1.82) is 0 Å². The van der Waals surface area contributed by atoms with Gasteiger partial charge in [-0.05, 0) is 238 Å². The molecule has 4 fully saturated rings. The highest BCUT2D eigenvalue weighted by Gasteiger charge is 2.48. The number of H-pyrrole nitrogens is 1. The van der Waals surface area contributed by atoms with E-state index >= 15 is 0 Å². The number of carbonyl (C=O) groups is 7. The Morgan fingerprint density at radius 1 is 0.455 bits per heavy atom. The van der Waals surface area contributed by atoms with Crippen molar-refractivity contribution in [3.05, 3.63) is 157 Å². The van der Waals surface area contributed by atoms with Crippen molar-refractivity contribution in [2.45, 2.75) is 226 Å². The summed E-state index contributed by atoms with van der Waals surface area (Å²) in [5.41, 5.74) is 17.4. The van der Waals surface area contributed by atoms with Crippen LogP contribution in [0.25, 0.3) is 0 Å². The zero-order chi connectivity index (χ0) is 79.5. The summed E-state index contributed by atoms with van der Waals surface area (Å²) in [6.45, 7) is 17.9. The molecule has 0 saturated heterocycles. The second kappa shape index (κ2) is 36.0. The number of nitrogen functional groups attached to an aromatic ring is 2. The van der Waals surface area contributed by atoms with E-state index in [4.69, 9.17) is 26.7 Å². The second-order valence-corrected chi connectivity index (χ2v) is 31.4. The van der Waals surface area contributed by atoms with Crippen LogP contribution in [-0.2, 0) is 31.3 Å². The number of pyridine rings is 4. The van der Waals surface area contributed by atoms with E-state index < -0.39 is 46.3 Å². The maximum Gasteiger partial charge on any atom is 0.413 e. The number of primary amides is 1. The smallest absolute Gasteiger partial charge is 0.413 e. The standard InChI is InChI=1S/C22H28N6O4.C17H20N6O2.C13H15BrN2O2.C9H14N4O2.C7H7BrN2O2.C6H10O.ClH/c1-13-10-14(19(30)28-17(13)18(29)27-22(28)8-6-5-7-9-22)25-15-11-16(24-12-23-15)26-20(31)32-21(2,3)4;1-10-7-11(21-13-8-12(18)19-9-20-13)16(25)23-14(10)15(24)22-17(23)5-3-2-4-6-17;1-8-7-9(14)12(18)16-10(8)11(17)15-13(16)5-3-2-4-6-13;1-9(2,3)15-8(14)13-7-4-6(10)11-5-12-7;1-3-2-4(8)7(12)10-5(3)6(9)11;7-6-4-2-1-3-5-6;/h10-12H,5-9H2,1-4H3,(H,27,29)(H2,23,24,25,26,31);7-9H,2-6H2,1H3,(H,22,24)(H3,18,19,20,21);7H,2-6H2,1H3,(H,15,17);4-5H,1-3H3,(H3,10,11,12,13,14);2H,1H3,(H2,9,11)(H,10,12);1-5H2;1H. The molecule has 6 amide bonds. The quantitative estimate of drug-likeness (QED) is 0.0706. The Hall–Kier alpha value is -10.4. The number of nitrogens with zero attached hydrogens (tertiary/aromatic N) is 9. The van der Waals surface area contributed by atoms with Gasteiger partial charge in [0.05, 0.1) is 8.95 Å². The van der Waals surface area contributed by atoms with Crippen LogP contribution >= 0.6 is 44.3 Å². The molecular formula is C74H95Br2ClN20O13. The van der Waals surface area contributed by atoms with Crippen molar-refractivity contribution < 1.29 is 43.0 Å². The number of anilines is 8. The number of rotatable bonds is 7. The summed E-state index contributed by atoms with van der Waals surface area (Å²) in [5, 5.41) is 20.2. The van der Waals surface area contributed by atoms with E-state index in [0.717, 1.165) is 127 Å². The fourth-order valence-electron chi connectivity index (χ4n) is 14.1. The highest BCUT2D eigenvalue weighted by molar-refractivity contribution is 9.10. The molecule has 0 bridgehead atoms. The van der Waals surface area contributed by atoms with Crippen LogP contribution in [0.2, 0.25) is 0 Å². The highest BCUT2D eigenvalue weighted by atomic mass is 79.9. The minimum Gasteiger partial charge on any atom is -0.444 e. The van der Waals surface area contributed by atoms with E-state index in [0.29, 0.717) is 77.6 Å². The number of aromatic nitrogens is 10. The van der Waals surface area contributed by atoms with Crippen LogP contribution in [0, 0.1) is 27.7 Å². The molecule has 0 aromatic carbocycles. The van der Waals surface area contributed by atoms with Crippen molar-refractivity contribution in [1.82, 2.24) is 64.5 Å². The van der Waals surface area contributed by atoms with Gasteiger partial charge in [-0.15, -0.1) is 12.4 Å². The van der Waals surface area contributed by atoms with Crippen LogP contribution < -0.4 is 76.7 Å². The van der Waals surface area contributed by atoms with Gasteiger partial charge in [-0.2, -0.15) is 0 Å². The molecule has 3 spiro atoms. The Kier molecular flexibility index (Phi) is 27.8. The van der Waals surface area contributed by atoms with Gasteiger partial charge < -0.3 is 58.2 Å². The van der Waals surface area contributed by atoms with E-state index in [2.05, 4.69) is 104 Å². The largest absolute Gasteiger partial charge is 0.444 e. The fourth-order valence-corrected chi connectivity index (χ4v) is 15.1. The number of fused-ring (bicyclic) bond motifs is 6. The zero-order valence-corrected chi connectivity index (χ0v) is 67.1. The zero-order valence-electron chi connectivity index (χ0n) is 63.1. The summed E-state index contributed by atoms with van der Waals surface area (Å²) in [6.07, 6.45) is 22.0. The lowest BCUT2D eigenvalue weighted by molar-refractivity contribution is -0.120. The molecule has 0 unspecified atom stereocenters. The number of aromatic amines is 1. The van der Waals surface area contributed by atoms with Crippen LogP contribution in [-0.4, -0.2) is 101 Å². The van der Waals surface area contributed by atoms with Crippen molar-refractivity contribution >= 4 is 132 Å². The summed E-state index contributed by atoms with van der Waals surface area (Å²) in [7, 11) is 0. The Morgan fingerprint density at radius 2 is 0.791 bits per heavy atom. The van der Waals surface area contributed by atoms with E-state index in [9.17, 15) is 52.7 Å². The van der Waals surface area contributed by atoms with Crippen LogP contribution in [0.3, 0.4) is 0 Å². The lowest BCUT2D eigenvalue weighted by Gasteiger charge is -2.35. The number of hydrogen-bond donors (Lipinski definition) is 11. The summed E-state index contributed by atoms with van der Waals surface area (Å²) in [6, 6.07) is 11.1. The van der Waals surface area contributed by atoms with Crippen molar-refractivity contribution in [2.75, 3.05) is 32.7 Å². The second-order valence-electron chi connectivity index (χ2n) is 29.7. The number of nitrogens with two attached hydrogens (primary N) is 3. The molecule has 0 atom stereocenters. The third-order valence-corrected chi connectivity index (χ3v) is 20.0. The molecule has 14 rings (SSSR count). The topological polar surface area (TPSA) is 476 Å². The third kappa shape index (κ3) is 20.9. The Morgan fingerprint density at radius 3 is 1.16 bits per heavy atom. The first-order valence-electron chi connectivity index (χ1n) is 36.1. The lowest BCUT2D eigenvalue weighted by atomic mass is 9.89. The summed E-state index contributed by atoms with van der Waals surface area (Å²) in [5.74, 6) is 1.27. The van der Waals surface area contributed by atoms with Crippen LogP contribution in [0.15, 0.2) is 89.6 Å². The highest BCUT2D eigenvalue weighted by Crippen LogP contribution is 2.41. The molecule has 4 aliphatic carbocycles. The molecule has 0 radical (unpaired) electrons. The number of carbonyl (C=O) groups excluding carboxylic acids is 7. The molecule has 590 valence electrons. The lowest BCUT2D eigenvalue weighted by Crippen LogP contribution is -2.48. The van der Waals surface area contributed by atoms with Gasteiger partial charge >= 0.3 is 12.2 Å². The van der Waals surface area contributed by atoms with Crippen molar-refractivity contribution in [3.63, 3.8) is 0 Å².